The minimum absolute atomic E-state index is 0.0123. The molecule has 2 aromatic heterocycles. The van der Waals surface area contributed by atoms with E-state index in [-0.39, 0.29) is 18.0 Å². The lowest BCUT2D eigenvalue weighted by atomic mass is 10.2. The highest BCUT2D eigenvalue weighted by molar-refractivity contribution is 7.90. The zero-order chi connectivity index (χ0) is 20.1. The number of nitrogens with zero attached hydrogens (tertiary/aromatic N) is 4. The summed E-state index contributed by atoms with van der Waals surface area (Å²) in [4.78, 5) is 8.71. The molecule has 0 saturated carbocycles. The van der Waals surface area contributed by atoms with Crippen LogP contribution in [0.15, 0.2) is 47.8 Å². The Bertz CT molecular complexity index is 1070. The van der Waals surface area contributed by atoms with Gasteiger partial charge in [-0.25, -0.2) is 13.4 Å². The number of halogens is 1. The summed E-state index contributed by atoms with van der Waals surface area (Å²) in [5.41, 5.74) is 1.27. The van der Waals surface area contributed by atoms with Crippen LogP contribution in [-0.2, 0) is 22.9 Å². The predicted molar refractivity (Wildman–Crippen MR) is 107 cm³/mol. The molecule has 1 aromatic carbocycles. The molecule has 11 heteroatoms. The minimum atomic E-state index is -3.34. The zero-order valence-corrected chi connectivity index (χ0v) is 16.6. The maximum Gasteiger partial charge on any atom is 0.229 e. The van der Waals surface area contributed by atoms with Gasteiger partial charge in [0.2, 0.25) is 5.95 Å². The van der Waals surface area contributed by atoms with Crippen molar-refractivity contribution in [2.75, 3.05) is 23.5 Å². The van der Waals surface area contributed by atoms with Crippen molar-refractivity contribution in [1.82, 2.24) is 19.7 Å². The van der Waals surface area contributed by atoms with Crippen LogP contribution in [-0.4, -0.2) is 46.1 Å². The first-order chi connectivity index (χ1) is 13.4. The average molecular weight is 423 g/mol. The molecule has 3 N–H and O–H groups in total. The van der Waals surface area contributed by atoms with Gasteiger partial charge in [0.05, 0.1) is 36.1 Å². The SMILES string of the molecule is CS(=O)(=O)c1ccccc1CNc1nc(Nc2cnn(CCO)c2)ncc1Cl. The summed E-state index contributed by atoms with van der Waals surface area (Å²) < 4.78 is 25.4. The number of nitrogens with one attached hydrogen (secondary N) is 2. The molecular formula is C17H19ClN6O3S. The van der Waals surface area contributed by atoms with E-state index < -0.39 is 9.84 Å². The number of aliphatic hydroxyl groups is 1. The third-order valence-corrected chi connectivity index (χ3v) is 5.25. The van der Waals surface area contributed by atoms with E-state index in [4.69, 9.17) is 16.7 Å². The van der Waals surface area contributed by atoms with E-state index in [2.05, 4.69) is 25.7 Å². The summed E-state index contributed by atoms with van der Waals surface area (Å²) in [5, 5.41) is 19.4. The molecular weight excluding hydrogens is 404 g/mol. The summed E-state index contributed by atoms with van der Waals surface area (Å²) in [6, 6.07) is 6.74. The topological polar surface area (TPSA) is 122 Å². The molecule has 0 fully saturated rings. The molecule has 2 heterocycles. The molecule has 0 unspecified atom stereocenters. The molecule has 0 aliphatic heterocycles. The number of hydrogen-bond acceptors (Lipinski definition) is 8. The van der Waals surface area contributed by atoms with Crippen molar-refractivity contribution < 1.29 is 13.5 Å². The number of hydrogen-bond donors (Lipinski definition) is 3. The lowest BCUT2D eigenvalue weighted by Gasteiger charge is -2.11. The molecule has 0 radical (unpaired) electrons. The average Bonchev–Trinajstić information content (AvgIpc) is 3.09. The standard InChI is InChI=1S/C17H19ClN6O3S/c1-28(26,27)15-5-3-2-4-12(15)8-19-16-14(18)10-20-17(23-16)22-13-9-21-24(11-13)6-7-25/h2-5,9-11,25H,6-8H2,1H3,(H2,19,20,22,23). The quantitative estimate of drug-likeness (QED) is 0.504. The van der Waals surface area contributed by atoms with E-state index in [1.54, 1.807) is 41.3 Å². The number of aromatic nitrogens is 4. The molecule has 0 aliphatic rings. The highest BCUT2D eigenvalue weighted by Crippen LogP contribution is 2.23. The van der Waals surface area contributed by atoms with Crippen LogP contribution in [0.2, 0.25) is 5.02 Å². The number of rotatable bonds is 8. The van der Waals surface area contributed by atoms with Crippen molar-refractivity contribution >= 4 is 38.9 Å². The van der Waals surface area contributed by atoms with Crippen molar-refractivity contribution in [2.24, 2.45) is 0 Å². The van der Waals surface area contributed by atoms with Gasteiger partial charge in [0.15, 0.2) is 15.7 Å². The van der Waals surface area contributed by atoms with Crippen LogP contribution in [0.1, 0.15) is 5.56 Å². The largest absolute Gasteiger partial charge is 0.394 e. The molecule has 0 aliphatic carbocycles. The fourth-order valence-electron chi connectivity index (χ4n) is 2.52. The maximum atomic E-state index is 11.9. The maximum absolute atomic E-state index is 11.9. The molecule has 0 atom stereocenters. The van der Waals surface area contributed by atoms with Crippen molar-refractivity contribution in [3.8, 4) is 0 Å². The van der Waals surface area contributed by atoms with Gasteiger partial charge < -0.3 is 15.7 Å². The van der Waals surface area contributed by atoms with Gasteiger partial charge in [-0.3, -0.25) is 4.68 Å². The lowest BCUT2D eigenvalue weighted by Crippen LogP contribution is -2.09. The van der Waals surface area contributed by atoms with Gasteiger partial charge in [-0.1, -0.05) is 29.8 Å². The summed E-state index contributed by atoms with van der Waals surface area (Å²) >= 11 is 6.16. The van der Waals surface area contributed by atoms with E-state index >= 15 is 0 Å². The zero-order valence-electron chi connectivity index (χ0n) is 15.0. The van der Waals surface area contributed by atoms with E-state index in [1.165, 1.54) is 12.5 Å². The fourth-order valence-corrected chi connectivity index (χ4v) is 3.62. The smallest absolute Gasteiger partial charge is 0.229 e. The third-order valence-electron chi connectivity index (χ3n) is 3.78. The normalized spacial score (nSPS) is 11.4. The second-order valence-electron chi connectivity index (χ2n) is 5.96. The molecule has 9 nitrogen and oxygen atoms in total. The van der Waals surface area contributed by atoms with E-state index in [0.29, 0.717) is 34.6 Å². The Morgan fingerprint density at radius 3 is 2.79 bits per heavy atom. The van der Waals surface area contributed by atoms with E-state index in [9.17, 15) is 8.42 Å². The van der Waals surface area contributed by atoms with Crippen molar-refractivity contribution in [2.45, 2.75) is 18.0 Å². The summed E-state index contributed by atoms with van der Waals surface area (Å²) in [5.74, 6) is 0.664. The van der Waals surface area contributed by atoms with Crippen LogP contribution in [0.5, 0.6) is 0 Å². The van der Waals surface area contributed by atoms with Gasteiger partial charge in [0, 0.05) is 19.0 Å². The van der Waals surface area contributed by atoms with Gasteiger partial charge in [0.25, 0.3) is 0 Å². The fraction of sp³-hybridized carbons (Fsp3) is 0.235. The van der Waals surface area contributed by atoms with Crippen LogP contribution in [0, 0.1) is 0 Å². The molecule has 28 heavy (non-hydrogen) atoms. The van der Waals surface area contributed by atoms with Crippen LogP contribution in [0.4, 0.5) is 17.5 Å². The Morgan fingerprint density at radius 2 is 2.04 bits per heavy atom. The summed E-state index contributed by atoms with van der Waals surface area (Å²) in [7, 11) is -3.34. The first-order valence-corrected chi connectivity index (χ1v) is 10.6. The van der Waals surface area contributed by atoms with Gasteiger partial charge in [-0.05, 0) is 11.6 Å². The van der Waals surface area contributed by atoms with Crippen molar-refractivity contribution in [3.05, 3.63) is 53.4 Å². The molecule has 3 rings (SSSR count). The number of anilines is 3. The van der Waals surface area contributed by atoms with Gasteiger partial charge in [0.1, 0.15) is 5.02 Å². The van der Waals surface area contributed by atoms with Crippen LogP contribution >= 0.6 is 11.6 Å². The number of benzene rings is 1. The summed E-state index contributed by atoms with van der Waals surface area (Å²) in [6.45, 7) is 0.602. The highest BCUT2D eigenvalue weighted by atomic mass is 35.5. The Balaban J connectivity index is 1.75. The molecule has 0 amide bonds. The van der Waals surface area contributed by atoms with Crippen LogP contribution in [0.3, 0.4) is 0 Å². The second-order valence-corrected chi connectivity index (χ2v) is 8.36. The Hall–Kier alpha value is -2.69. The van der Waals surface area contributed by atoms with Gasteiger partial charge in [-0.15, -0.1) is 0 Å². The molecule has 148 valence electrons. The summed E-state index contributed by atoms with van der Waals surface area (Å²) in [6.07, 6.45) is 5.91. The Morgan fingerprint density at radius 1 is 1.25 bits per heavy atom. The highest BCUT2D eigenvalue weighted by Gasteiger charge is 2.13. The predicted octanol–water partition coefficient (Wildman–Crippen LogP) is 2.08. The minimum Gasteiger partial charge on any atom is -0.394 e. The number of sulfone groups is 1. The third kappa shape index (κ3) is 4.97. The Kier molecular flexibility index (Phi) is 6.12. The van der Waals surface area contributed by atoms with Crippen LogP contribution in [0.25, 0.3) is 0 Å². The van der Waals surface area contributed by atoms with E-state index in [0.717, 1.165) is 0 Å². The van der Waals surface area contributed by atoms with Gasteiger partial charge in [-0.2, -0.15) is 10.1 Å². The first-order valence-electron chi connectivity index (χ1n) is 8.31. The first kappa shape index (κ1) is 20.1. The van der Waals surface area contributed by atoms with E-state index in [1.807, 2.05) is 0 Å². The lowest BCUT2D eigenvalue weighted by molar-refractivity contribution is 0.269. The van der Waals surface area contributed by atoms with Crippen molar-refractivity contribution in [3.63, 3.8) is 0 Å². The molecule has 0 bridgehead atoms. The van der Waals surface area contributed by atoms with Crippen molar-refractivity contribution in [1.29, 1.82) is 0 Å². The van der Waals surface area contributed by atoms with Crippen LogP contribution < -0.4 is 10.6 Å². The monoisotopic (exact) mass is 422 g/mol. The molecule has 0 saturated heterocycles. The second kappa shape index (κ2) is 8.55. The Labute approximate surface area is 167 Å². The molecule has 0 spiro atoms. The molecule has 3 aromatic rings. The number of aliphatic hydroxyl groups excluding tert-OH is 1. The van der Waals surface area contributed by atoms with Gasteiger partial charge >= 0.3 is 0 Å².